The number of ether oxygens (including phenoxy) is 2. The van der Waals surface area contributed by atoms with Gasteiger partial charge in [-0.15, -0.1) is 0 Å². The molecule has 0 unspecified atom stereocenters. The summed E-state index contributed by atoms with van der Waals surface area (Å²) in [6, 6.07) is 5.52. The molecule has 0 saturated heterocycles. The summed E-state index contributed by atoms with van der Waals surface area (Å²) in [6.07, 6.45) is -0.285. The van der Waals surface area contributed by atoms with E-state index in [1.54, 1.807) is 19.9 Å². The first-order valence-electron chi connectivity index (χ1n) is 5.45. The summed E-state index contributed by atoms with van der Waals surface area (Å²) in [4.78, 5) is 21.4. The van der Waals surface area contributed by atoms with Crippen LogP contribution in [0.15, 0.2) is 18.2 Å². The number of nitriles is 1. The van der Waals surface area contributed by atoms with E-state index in [9.17, 15) is 14.9 Å². The summed E-state index contributed by atoms with van der Waals surface area (Å²) in [5.74, 6) is -0.696. The quantitative estimate of drug-likeness (QED) is 0.456. The summed E-state index contributed by atoms with van der Waals surface area (Å²) < 4.78 is 9.87. The zero-order valence-corrected chi connectivity index (χ0v) is 10.5. The van der Waals surface area contributed by atoms with Crippen LogP contribution < -0.4 is 4.74 Å². The molecule has 1 aromatic carbocycles. The molecule has 7 heteroatoms. The Morgan fingerprint density at radius 2 is 2.21 bits per heavy atom. The van der Waals surface area contributed by atoms with Crippen LogP contribution in [-0.2, 0) is 9.53 Å². The summed E-state index contributed by atoms with van der Waals surface area (Å²) in [5.41, 5.74) is -0.222. The van der Waals surface area contributed by atoms with Gasteiger partial charge < -0.3 is 9.47 Å². The molecule has 0 heterocycles. The number of hydrogen-bond acceptors (Lipinski definition) is 6. The number of nitrogens with zero attached hydrogens (tertiary/aromatic N) is 2. The topological polar surface area (TPSA) is 102 Å². The van der Waals surface area contributed by atoms with E-state index >= 15 is 0 Å². The second-order valence-corrected chi connectivity index (χ2v) is 3.88. The molecule has 0 aromatic heterocycles. The molecule has 0 saturated carbocycles. The van der Waals surface area contributed by atoms with Crippen molar-refractivity contribution in [2.24, 2.45) is 0 Å². The lowest BCUT2D eigenvalue weighted by Gasteiger charge is -2.09. The van der Waals surface area contributed by atoms with Crippen LogP contribution in [0.25, 0.3) is 0 Å². The average molecular weight is 264 g/mol. The maximum absolute atomic E-state index is 11.3. The maximum Gasteiger partial charge on any atom is 0.344 e. The fraction of sp³-hybridized carbons (Fsp3) is 0.333. The second kappa shape index (κ2) is 6.35. The van der Waals surface area contributed by atoms with Gasteiger partial charge in [-0.2, -0.15) is 5.26 Å². The van der Waals surface area contributed by atoms with Gasteiger partial charge in [0.2, 0.25) is 0 Å². The molecule has 0 aliphatic rings. The molecule has 100 valence electrons. The van der Waals surface area contributed by atoms with Crippen molar-refractivity contribution in [3.63, 3.8) is 0 Å². The summed E-state index contributed by atoms with van der Waals surface area (Å²) in [5, 5.41) is 19.5. The van der Waals surface area contributed by atoms with E-state index in [2.05, 4.69) is 0 Å². The number of rotatable bonds is 5. The minimum Gasteiger partial charge on any atom is -0.475 e. The number of benzene rings is 1. The molecule has 0 spiro atoms. The number of esters is 1. The minimum absolute atomic E-state index is 0.0790. The first-order chi connectivity index (χ1) is 8.93. The van der Waals surface area contributed by atoms with Crippen molar-refractivity contribution in [1.29, 1.82) is 5.26 Å². The monoisotopic (exact) mass is 264 g/mol. The molecule has 0 aliphatic carbocycles. The highest BCUT2D eigenvalue weighted by Crippen LogP contribution is 2.27. The third-order valence-corrected chi connectivity index (χ3v) is 2.00. The van der Waals surface area contributed by atoms with Crippen molar-refractivity contribution in [1.82, 2.24) is 0 Å². The lowest BCUT2D eigenvalue weighted by atomic mass is 10.2. The molecule has 0 aliphatic heterocycles. The van der Waals surface area contributed by atoms with E-state index in [0.717, 1.165) is 6.07 Å². The van der Waals surface area contributed by atoms with Gasteiger partial charge in [0, 0.05) is 6.07 Å². The van der Waals surface area contributed by atoms with E-state index in [1.165, 1.54) is 12.1 Å². The number of nitro benzene ring substituents is 1. The van der Waals surface area contributed by atoms with Gasteiger partial charge in [0.25, 0.3) is 0 Å². The van der Waals surface area contributed by atoms with Crippen molar-refractivity contribution in [2.75, 3.05) is 6.61 Å². The summed E-state index contributed by atoms with van der Waals surface area (Å²) in [6.45, 7) is 2.94. The zero-order chi connectivity index (χ0) is 14.4. The maximum atomic E-state index is 11.3. The molecule has 19 heavy (non-hydrogen) atoms. The minimum atomic E-state index is -0.677. The van der Waals surface area contributed by atoms with E-state index in [-0.39, 0.29) is 23.1 Å². The number of nitro groups is 1. The predicted molar refractivity (Wildman–Crippen MR) is 64.5 cm³/mol. The highest BCUT2D eigenvalue weighted by Gasteiger charge is 2.17. The van der Waals surface area contributed by atoms with Gasteiger partial charge in [0.15, 0.2) is 12.4 Å². The number of carbonyl (C=O) groups is 1. The Labute approximate surface area is 109 Å². The Kier molecular flexibility index (Phi) is 4.83. The van der Waals surface area contributed by atoms with Crippen molar-refractivity contribution >= 4 is 11.7 Å². The van der Waals surface area contributed by atoms with Crippen LogP contribution in [-0.4, -0.2) is 23.6 Å². The molecule has 1 rings (SSSR count). The van der Waals surface area contributed by atoms with Gasteiger partial charge in [0.1, 0.15) is 0 Å². The first-order valence-corrected chi connectivity index (χ1v) is 5.45. The SMILES string of the molecule is CC(C)OC(=O)COc1ccc(C#N)cc1[N+](=O)[O-]. The third kappa shape index (κ3) is 4.27. The molecule has 0 fully saturated rings. The molecular weight excluding hydrogens is 252 g/mol. The average Bonchev–Trinajstić information content (AvgIpc) is 2.35. The summed E-state index contributed by atoms with van der Waals surface area (Å²) >= 11 is 0. The van der Waals surface area contributed by atoms with Crippen molar-refractivity contribution in [3.8, 4) is 11.8 Å². The van der Waals surface area contributed by atoms with Gasteiger partial charge in [-0.05, 0) is 26.0 Å². The van der Waals surface area contributed by atoms with Crippen molar-refractivity contribution < 1.29 is 19.2 Å². The molecular formula is C12H12N2O5. The molecule has 0 amide bonds. The number of carbonyl (C=O) groups excluding carboxylic acids is 1. The zero-order valence-electron chi connectivity index (χ0n) is 10.5. The Bertz CT molecular complexity index is 533. The highest BCUT2D eigenvalue weighted by molar-refractivity contribution is 5.71. The second-order valence-electron chi connectivity index (χ2n) is 3.88. The molecule has 0 atom stereocenters. The van der Waals surface area contributed by atoms with Gasteiger partial charge in [-0.1, -0.05) is 0 Å². The standard InChI is InChI=1S/C12H12N2O5/c1-8(2)19-12(15)7-18-11-4-3-9(6-13)5-10(11)14(16)17/h3-5,8H,7H2,1-2H3. The van der Waals surface area contributed by atoms with Gasteiger partial charge in [-0.3, -0.25) is 10.1 Å². The molecule has 1 aromatic rings. The van der Waals surface area contributed by atoms with Gasteiger partial charge in [0.05, 0.1) is 22.7 Å². The van der Waals surface area contributed by atoms with Crippen LogP contribution in [0.1, 0.15) is 19.4 Å². The van der Waals surface area contributed by atoms with Crippen LogP contribution in [0.4, 0.5) is 5.69 Å². The number of hydrogen-bond donors (Lipinski definition) is 0. The van der Waals surface area contributed by atoms with E-state index in [0.29, 0.717) is 0 Å². The van der Waals surface area contributed by atoms with Crippen molar-refractivity contribution in [3.05, 3.63) is 33.9 Å². The van der Waals surface area contributed by atoms with Crippen LogP contribution in [0, 0.1) is 21.4 Å². The fourth-order valence-electron chi connectivity index (χ4n) is 1.29. The van der Waals surface area contributed by atoms with E-state index in [4.69, 9.17) is 14.7 Å². The molecule has 0 N–H and O–H groups in total. The first kappa shape index (κ1) is 14.4. The Balaban J connectivity index is 2.81. The Morgan fingerprint density at radius 1 is 1.53 bits per heavy atom. The molecule has 0 bridgehead atoms. The van der Waals surface area contributed by atoms with Crippen molar-refractivity contribution in [2.45, 2.75) is 20.0 Å². The van der Waals surface area contributed by atoms with Crippen LogP contribution >= 0.6 is 0 Å². The molecule has 7 nitrogen and oxygen atoms in total. The largest absolute Gasteiger partial charge is 0.475 e. The van der Waals surface area contributed by atoms with Crippen LogP contribution in [0.5, 0.6) is 5.75 Å². The predicted octanol–water partition coefficient (Wildman–Crippen LogP) is 1.80. The smallest absolute Gasteiger partial charge is 0.344 e. The highest BCUT2D eigenvalue weighted by atomic mass is 16.6. The fourth-order valence-corrected chi connectivity index (χ4v) is 1.29. The Hall–Kier alpha value is -2.62. The lowest BCUT2D eigenvalue weighted by molar-refractivity contribution is -0.385. The lowest BCUT2D eigenvalue weighted by Crippen LogP contribution is -2.19. The van der Waals surface area contributed by atoms with Crippen LogP contribution in [0.2, 0.25) is 0 Å². The molecule has 0 radical (unpaired) electrons. The Morgan fingerprint density at radius 3 is 2.74 bits per heavy atom. The van der Waals surface area contributed by atoms with E-state index < -0.39 is 17.5 Å². The third-order valence-electron chi connectivity index (χ3n) is 2.00. The van der Waals surface area contributed by atoms with E-state index in [1.807, 2.05) is 0 Å². The van der Waals surface area contributed by atoms with Gasteiger partial charge in [-0.25, -0.2) is 4.79 Å². The van der Waals surface area contributed by atoms with Gasteiger partial charge >= 0.3 is 11.7 Å². The van der Waals surface area contributed by atoms with Crippen LogP contribution in [0.3, 0.4) is 0 Å². The summed E-state index contributed by atoms with van der Waals surface area (Å²) in [7, 11) is 0. The normalized spacial score (nSPS) is 9.79.